The minimum atomic E-state index is -2.67. The van der Waals surface area contributed by atoms with Crippen molar-refractivity contribution in [1.82, 2.24) is 0 Å². The quantitative estimate of drug-likeness (QED) is 0.350. The zero-order valence-electron chi connectivity index (χ0n) is 7.58. The summed E-state index contributed by atoms with van der Waals surface area (Å²) < 4.78 is 0. The lowest BCUT2D eigenvalue weighted by molar-refractivity contribution is 1.12. The van der Waals surface area contributed by atoms with Gasteiger partial charge in [0.1, 0.15) is 0 Å². The highest BCUT2D eigenvalue weighted by Gasteiger charge is 2.34. The lowest BCUT2D eigenvalue weighted by Crippen LogP contribution is -2.17. The zero-order chi connectivity index (χ0) is 11.6. The Morgan fingerprint density at radius 2 is 0.929 bits per heavy atom. The summed E-state index contributed by atoms with van der Waals surface area (Å²) in [7, 11) is 0. The molecule has 14 heavy (non-hydrogen) atoms. The smallest absolute Gasteiger partial charge is 0.125 e. The Hall–Kier alpha value is 1.91. The molecule has 8 heteroatoms. The van der Waals surface area contributed by atoms with Crippen molar-refractivity contribution in [3.05, 3.63) is 12.2 Å². The molecule has 0 heterocycles. The minimum absolute atomic E-state index is 0.0729. The number of hydrogen-bond acceptors (Lipinski definition) is 0. The summed E-state index contributed by atoms with van der Waals surface area (Å²) in [6.07, 6.45) is 3.64. The first-order valence-corrected chi connectivity index (χ1v) is 14.1. The molecule has 0 aliphatic carbocycles. The Morgan fingerprint density at radius 1 is 0.714 bits per heavy atom. The van der Waals surface area contributed by atoms with Crippen LogP contribution in [0.15, 0.2) is 12.2 Å². The van der Waals surface area contributed by atoms with Crippen LogP contribution >= 0.6 is 66.5 Å². The summed E-state index contributed by atoms with van der Waals surface area (Å²) >= 11 is 34.9. The highest BCUT2D eigenvalue weighted by molar-refractivity contribution is 7.65. The van der Waals surface area contributed by atoms with E-state index in [-0.39, 0.29) is 11.1 Å². The van der Waals surface area contributed by atoms with Crippen molar-refractivity contribution in [3.8, 4) is 0 Å². The second-order valence-corrected chi connectivity index (χ2v) is 21.2. The fourth-order valence-electron chi connectivity index (χ4n) is 0.552. The van der Waals surface area contributed by atoms with Crippen LogP contribution in [0.5, 0.6) is 0 Å². The molecule has 0 amide bonds. The van der Waals surface area contributed by atoms with Crippen molar-refractivity contribution in [2.75, 3.05) is 0 Å². The Balaban J connectivity index is 4.32. The third-order valence-corrected chi connectivity index (χ3v) is 10.4. The lowest BCUT2D eigenvalue weighted by Gasteiger charge is -2.16. The molecule has 0 saturated carbocycles. The van der Waals surface area contributed by atoms with Crippen molar-refractivity contribution in [3.63, 3.8) is 0 Å². The highest BCUT2D eigenvalue weighted by atomic mass is 35.8. The molecule has 2 unspecified atom stereocenters. The molecule has 2 atom stereocenters. The third kappa shape index (κ3) is 6.49. The minimum Gasteiger partial charge on any atom is -0.125 e. The van der Waals surface area contributed by atoms with Crippen molar-refractivity contribution in [1.29, 1.82) is 0 Å². The maximum absolute atomic E-state index is 5.81. The van der Waals surface area contributed by atoms with Crippen LogP contribution < -0.4 is 0 Å². The van der Waals surface area contributed by atoms with Crippen molar-refractivity contribution < 1.29 is 0 Å². The first-order valence-electron chi connectivity index (χ1n) is 3.87. The summed E-state index contributed by atoms with van der Waals surface area (Å²) in [6.45, 7) is 3.70. The van der Waals surface area contributed by atoms with Gasteiger partial charge in [-0.1, -0.05) is 26.0 Å². The van der Waals surface area contributed by atoms with E-state index in [4.69, 9.17) is 66.5 Å². The van der Waals surface area contributed by atoms with E-state index < -0.39 is 12.0 Å². The molecule has 0 N–H and O–H groups in total. The largest absolute Gasteiger partial charge is 0.347 e. The van der Waals surface area contributed by atoms with E-state index in [2.05, 4.69) is 0 Å². The number of allylic oxidation sites excluding steroid dienone is 2. The molecule has 0 aliphatic rings. The average Bonchev–Trinajstić information content (AvgIpc) is 1.95. The van der Waals surface area contributed by atoms with Crippen molar-refractivity contribution in [2.24, 2.45) is 0 Å². The van der Waals surface area contributed by atoms with Crippen LogP contribution in [0.25, 0.3) is 0 Å². The van der Waals surface area contributed by atoms with E-state index >= 15 is 0 Å². The Morgan fingerprint density at radius 3 is 1.07 bits per heavy atom. The Labute approximate surface area is 115 Å². The van der Waals surface area contributed by atoms with Crippen LogP contribution in [0, 0.1) is 0 Å². The van der Waals surface area contributed by atoms with E-state index in [1.54, 1.807) is 0 Å². The Bertz CT molecular complexity index is 183. The average molecular weight is 351 g/mol. The monoisotopic (exact) mass is 348 g/mol. The summed E-state index contributed by atoms with van der Waals surface area (Å²) in [5.41, 5.74) is -0.146. The van der Waals surface area contributed by atoms with Gasteiger partial charge in [0.15, 0.2) is 0 Å². The topological polar surface area (TPSA) is 0 Å². The zero-order valence-corrected chi connectivity index (χ0v) is 14.1. The molecular weight excluding hydrogens is 341 g/mol. The van der Waals surface area contributed by atoms with E-state index in [0.717, 1.165) is 0 Å². The molecule has 84 valence electrons. The van der Waals surface area contributed by atoms with Gasteiger partial charge in [0, 0.05) is 11.1 Å². The van der Waals surface area contributed by atoms with Gasteiger partial charge in [-0.3, -0.25) is 0 Å². The van der Waals surface area contributed by atoms with Gasteiger partial charge in [-0.25, -0.2) is 0 Å². The van der Waals surface area contributed by atoms with Crippen LogP contribution in [-0.4, -0.2) is 12.0 Å². The van der Waals surface area contributed by atoms with Crippen molar-refractivity contribution >= 4 is 78.5 Å². The molecule has 0 saturated heterocycles. The van der Waals surface area contributed by atoms with Crippen molar-refractivity contribution in [2.45, 2.75) is 24.9 Å². The van der Waals surface area contributed by atoms with Gasteiger partial charge in [0.25, 0.3) is 0 Å². The van der Waals surface area contributed by atoms with E-state index in [9.17, 15) is 0 Å². The van der Waals surface area contributed by atoms with E-state index in [0.29, 0.717) is 0 Å². The molecule has 0 fully saturated rings. The standard InChI is InChI=1S/C6H10Cl6Si2/c1-5(13(7,8)9)3-4-6(2)14(10,11)12/h3-6H,1-2H3. The number of hydrogen-bond donors (Lipinski definition) is 0. The van der Waals surface area contributed by atoms with Gasteiger partial charge in [-0.2, -0.15) is 0 Å². The summed E-state index contributed by atoms with van der Waals surface area (Å²) in [4.78, 5) is 0. The molecular formula is C6H10Cl6Si2. The third-order valence-electron chi connectivity index (χ3n) is 1.72. The molecule has 0 rings (SSSR count). The van der Waals surface area contributed by atoms with E-state index in [1.807, 2.05) is 26.0 Å². The molecule has 0 aromatic heterocycles. The first-order chi connectivity index (χ1) is 6.05. The first kappa shape index (κ1) is 15.9. The van der Waals surface area contributed by atoms with Gasteiger partial charge in [-0.05, 0) is 0 Å². The molecule has 0 aliphatic heterocycles. The van der Waals surface area contributed by atoms with Gasteiger partial charge >= 0.3 is 12.0 Å². The number of rotatable bonds is 4. The predicted octanol–water partition coefficient (Wildman–Crippen LogP) is 5.63. The molecule has 0 radical (unpaired) electrons. The summed E-state index contributed by atoms with van der Waals surface area (Å²) in [5, 5.41) is 0. The van der Waals surface area contributed by atoms with Crippen LogP contribution in [0.3, 0.4) is 0 Å². The Kier molecular flexibility index (Phi) is 6.83. The second-order valence-electron chi connectivity index (χ2n) is 3.05. The van der Waals surface area contributed by atoms with Crippen LogP contribution in [0.4, 0.5) is 0 Å². The fraction of sp³-hybridized carbons (Fsp3) is 0.667. The predicted molar refractivity (Wildman–Crippen MR) is 74.6 cm³/mol. The molecule has 0 aromatic rings. The second kappa shape index (κ2) is 6.01. The molecule has 0 spiro atoms. The molecule has 0 nitrogen and oxygen atoms in total. The van der Waals surface area contributed by atoms with Crippen LogP contribution in [0.2, 0.25) is 11.1 Å². The SMILES string of the molecule is CC(C=CC(C)[Si](Cl)(Cl)Cl)[Si](Cl)(Cl)Cl. The van der Waals surface area contributed by atoms with Gasteiger partial charge in [-0.15, -0.1) is 66.5 Å². The van der Waals surface area contributed by atoms with Gasteiger partial charge in [0.05, 0.1) is 0 Å². The number of halogens is 6. The van der Waals surface area contributed by atoms with Gasteiger partial charge < -0.3 is 0 Å². The maximum atomic E-state index is 5.81. The molecule has 0 bridgehead atoms. The van der Waals surface area contributed by atoms with Crippen LogP contribution in [-0.2, 0) is 0 Å². The van der Waals surface area contributed by atoms with Crippen LogP contribution in [0.1, 0.15) is 13.8 Å². The lowest BCUT2D eigenvalue weighted by atomic mass is 10.3. The summed E-state index contributed by atoms with van der Waals surface area (Å²) in [6, 6.07) is -5.34. The van der Waals surface area contributed by atoms with E-state index in [1.165, 1.54) is 0 Å². The maximum Gasteiger partial charge on any atom is 0.347 e. The molecule has 0 aromatic carbocycles. The van der Waals surface area contributed by atoms with Gasteiger partial charge in [0.2, 0.25) is 0 Å². The fourth-order valence-corrected chi connectivity index (χ4v) is 2.52. The normalized spacial score (nSPS) is 18.6. The summed E-state index contributed by atoms with van der Waals surface area (Å²) in [5.74, 6) is 0. The highest BCUT2D eigenvalue weighted by Crippen LogP contribution is 2.38.